The molecule has 6 aliphatic rings. The summed E-state index contributed by atoms with van der Waals surface area (Å²) in [4.78, 5) is 86.5. The van der Waals surface area contributed by atoms with Crippen LogP contribution in [0.25, 0.3) is 11.1 Å². The van der Waals surface area contributed by atoms with E-state index in [1.807, 2.05) is 13.8 Å². The number of aliphatic hydroxyl groups excluding tert-OH is 5. The van der Waals surface area contributed by atoms with Gasteiger partial charge >= 0.3 is 5.97 Å². The number of phenols is 3. The molecule has 12 rings (SSSR count). The third-order valence-electron chi connectivity index (χ3n) is 17.9. The summed E-state index contributed by atoms with van der Waals surface area (Å²) in [7, 11) is 0. The van der Waals surface area contributed by atoms with Crippen LogP contribution in [0.15, 0.2) is 78.9 Å². The molecule has 558 valence electrons. The van der Waals surface area contributed by atoms with Crippen molar-refractivity contribution in [2.45, 2.75) is 158 Å². The highest BCUT2D eigenvalue weighted by atomic mass is 35.5. The Labute approximate surface area is 599 Å². The fourth-order valence-corrected chi connectivity index (χ4v) is 12.8. The fourth-order valence-electron chi connectivity index (χ4n) is 12.3. The van der Waals surface area contributed by atoms with Crippen molar-refractivity contribution in [3.63, 3.8) is 0 Å². The van der Waals surface area contributed by atoms with Gasteiger partial charge in [-0.2, -0.15) is 8.78 Å². The molecule has 6 heterocycles. The molecule has 27 nitrogen and oxygen atoms in total. The zero-order valence-corrected chi connectivity index (χ0v) is 57.1. The minimum atomic E-state index is -2.63. The number of phenolic OH excluding ortho intramolecular Hbond substituents is 3. The summed E-state index contributed by atoms with van der Waals surface area (Å²) in [6.07, 6.45) is -16.5. The van der Waals surface area contributed by atoms with Crippen LogP contribution in [0.3, 0.4) is 0 Å². The molecule has 0 radical (unpaired) electrons. The first-order valence-electron chi connectivity index (χ1n) is 32.5. The van der Waals surface area contributed by atoms with Gasteiger partial charge in [0.1, 0.15) is 65.1 Å². The first kappa shape index (κ1) is 77.6. The Kier molecular flexibility index (Phi) is 24.0. The summed E-state index contributed by atoms with van der Waals surface area (Å²) in [5.74, 6) is -29.7. The Morgan fingerprint density at radius 2 is 1.40 bits per heavy atom. The Morgan fingerprint density at radius 1 is 0.760 bits per heavy atom. The number of carbonyl (C=O) groups is 6. The van der Waals surface area contributed by atoms with E-state index < -0.39 is 245 Å². The number of benzene rings is 6. The number of hydrogen-bond acceptors (Lipinski definition) is 23. The second kappa shape index (κ2) is 32.1. The fraction of sp³-hybridized carbons (Fsp3) is 0.400. The number of aryl methyl sites for hydroxylation is 1. The molecule has 6 aromatic carbocycles. The van der Waals surface area contributed by atoms with E-state index in [0.717, 1.165) is 24.3 Å². The SMILES string of the molecule is CC(C)CCC(=O)NC1CNC(CC(N)=O)C(=O)NC2C(=O)NCc3ccc(O)c(c3)-c3c(O)cc(O)cc3[C@H](C(=O)Oc3c(F)c(F)c(F)c(F)c3F)C(=O)CCc3ccc(c(Cl)c3)Oc3cc2cc(c3O[C@@H]2OC(CO)[C@H](O)[C@H](O)C2O[C@H]2C[C@@](C)(N)[C@@H](O)[C@H](C)O2)Oc2ccc(cc2Cl)C1O. The molecule has 0 aliphatic carbocycles. The zero-order chi connectivity index (χ0) is 75.7. The van der Waals surface area contributed by atoms with Crippen LogP contribution in [0.2, 0.25) is 10.0 Å². The quantitative estimate of drug-likeness (QED) is 0.0158. The molecule has 6 aliphatic heterocycles. The maximum absolute atomic E-state index is 15.5. The van der Waals surface area contributed by atoms with Crippen molar-refractivity contribution in [1.29, 1.82) is 0 Å². The molecular weight excluding hydrogens is 1430 g/mol. The molecule has 16 N–H and O–H groups in total. The second-order valence-corrected chi connectivity index (χ2v) is 27.0. The van der Waals surface area contributed by atoms with E-state index in [9.17, 15) is 73.2 Å². The minimum absolute atomic E-state index is 0.00395. The number of nitrogens with two attached hydrogens (primary N) is 2. The van der Waals surface area contributed by atoms with E-state index in [1.165, 1.54) is 56.3 Å². The number of primary amides is 1. The zero-order valence-electron chi connectivity index (χ0n) is 55.6. The summed E-state index contributed by atoms with van der Waals surface area (Å²) in [6.45, 7) is 4.70. The van der Waals surface area contributed by atoms with E-state index in [2.05, 4.69) is 21.3 Å². The van der Waals surface area contributed by atoms with Crippen molar-refractivity contribution in [3.8, 4) is 62.9 Å². The number of aliphatic hydroxyl groups is 5. The largest absolute Gasteiger partial charge is 0.508 e. The molecule has 2 fully saturated rings. The lowest BCUT2D eigenvalue weighted by atomic mass is 9.84. The molecule has 0 saturated carbocycles. The highest BCUT2D eigenvalue weighted by Crippen LogP contribution is 2.50. The van der Waals surface area contributed by atoms with Crippen molar-refractivity contribution in [2.75, 3.05) is 13.2 Å². The van der Waals surface area contributed by atoms with Gasteiger partial charge in [-0.3, -0.25) is 28.8 Å². The normalized spacial score (nSPS) is 26.1. The van der Waals surface area contributed by atoms with Gasteiger partial charge in [-0.05, 0) is 115 Å². The number of ether oxygens (including phenoxy) is 7. The third-order valence-corrected chi connectivity index (χ3v) is 18.5. The molecular formula is C70H73Cl2F5N6O21. The van der Waals surface area contributed by atoms with E-state index >= 15 is 18.4 Å². The average molecular weight is 1500 g/mol. The highest BCUT2D eigenvalue weighted by molar-refractivity contribution is 6.32. The van der Waals surface area contributed by atoms with Crippen molar-refractivity contribution in [2.24, 2.45) is 17.4 Å². The van der Waals surface area contributed by atoms with Crippen LogP contribution in [-0.2, 0) is 55.9 Å². The van der Waals surface area contributed by atoms with Gasteiger partial charge in [-0.25, -0.2) is 13.2 Å². The smallest absolute Gasteiger partial charge is 0.326 e. The van der Waals surface area contributed by atoms with Gasteiger partial charge < -0.3 is 107 Å². The lowest BCUT2D eigenvalue weighted by molar-refractivity contribution is -0.333. The summed E-state index contributed by atoms with van der Waals surface area (Å²) in [5.41, 5.74) is 8.81. The Morgan fingerprint density at radius 3 is 2.03 bits per heavy atom. The summed E-state index contributed by atoms with van der Waals surface area (Å²) in [6, 6.07) is 9.62. The van der Waals surface area contributed by atoms with E-state index in [1.54, 1.807) is 0 Å². The minimum Gasteiger partial charge on any atom is -0.508 e. The molecule has 0 spiro atoms. The van der Waals surface area contributed by atoms with Gasteiger partial charge in [0.15, 0.2) is 29.7 Å². The van der Waals surface area contributed by atoms with Gasteiger partial charge in [0, 0.05) is 55.1 Å². The second-order valence-electron chi connectivity index (χ2n) is 26.2. The van der Waals surface area contributed by atoms with E-state index in [4.69, 9.17) is 67.8 Å². The number of amides is 4. The van der Waals surface area contributed by atoms with Gasteiger partial charge in [0.05, 0.1) is 47.4 Å². The standard InChI is InChI=1S/C70H73Cl2F5N6O21/c1-27(2)5-14-49(90)82-39-25-80-38(22-48(78)89)66(95)83-58-32-18-45(62(46(19-32)100-44-13-9-31(59(39)91)17-37(44)72)104-69-64(61(93)60(92)47(26-84)101-69)102-50-23-70(4,79)65(94)28(3)98-50)99-43-12-8-29(16-36(43)71)6-11-41(87)52(68(97)103-63-56(76)54(74)53(73)55(75)57(63)77)35-20-33(85)21-42(88)51(35)34-15-30(7-10-40(34)86)24-81-67(58)96/h7-10,12-13,15-21,27-28,38-39,47,50,52,58-61,64-65,69,80,84-86,88,91-94H,5-6,11,14,22-26,79H2,1-4H3,(H2,78,89)(H,81,96)(H,82,90)(H,83,95)/t28-,38?,39?,47?,50-,52-,58?,59?,60-,61-,64?,65-,69-,70+/m0/s1. The number of fused-ring (bicyclic) bond motifs is 15. The molecule has 34 heteroatoms. The number of rotatable bonds is 13. The van der Waals surface area contributed by atoms with Crippen LogP contribution in [0.5, 0.6) is 51.7 Å². The molecule has 104 heavy (non-hydrogen) atoms. The van der Waals surface area contributed by atoms with Crippen LogP contribution in [0.1, 0.15) is 106 Å². The molecule has 4 amide bonds. The number of nitrogens with one attached hydrogen (secondary N) is 4. The van der Waals surface area contributed by atoms with Gasteiger partial charge in [-0.15, -0.1) is 0 Å². The average Bonchev–Trinajstić information content (AvgIpc) is 0.788. The monoisotopic (exact) mass is 1500 g/mol. The van der Waals surface area contributed by atoms with Crippen LogP contribution >= 0.6 is 23.2 Å². The lowest BCUT2D eigenvalue weighted by Gasteiger charge is -2.47. The third kappa shape index (κ3) is 17.0. The number of esters is 1. The van der Waals surface area contributed by atoms with Gasteiger partial charge in [0.2, 0.25) is 70.5 Å². The Balaban J connectivity index is 1.18. The van der Waals surface area contributed by atoms with Crippen molar-refractivity contribution in [3.05, 3.63) is 146 Å². The number of aromatic hydroxyl groups is 3. The number of ketones is 1. The summed E-state index contributed by atoms with van der Waals surface area (Å²) in [5, 5.41) is 102. The Bertz CT molecular complexity index is 4290. The van der Waals surface area contributed by atoms with Crippen molar-refractivity contribution in [1.82, 2.24) is 21.3 Å². The molecule has 6 aromatic rings. The summed E-state index contributed by atoms with van der Waals surface area (Å²) < 4.78 is 117. The number of hydrogen-bond donors (Lipinski definition) is 14. The van der Waals surface area contributed by atoms with Crippen molar-refractivity contribution < 1.29 is 125 Å². The molecule has 6 unspecified atom stereocenters. The number of halogens is 7. The number of carbonyl (C=O) groups excluding carboxylic acids is 6. The lowest BCUT2D eigenvalue weighted by Crippen LogP contribution is -2.64. The summed E-state index contributed by atoms with van der Waals surface area (Å²) >= 11 is 14.1. The maximum Gasteiger partial charge on any atom is 0.326 e. The van der Waals surface area contributed by atoms with E-state index in [-0.39, 0.29) is 62.6 Å². The van der Waals surface area contributed by atoms with Crippen molar-refractivity contribution >= 4 is 58.6 Å². The first-order chi connectivity index (χ1) is 49.1. The maximum atomic E-state index is 15.5. The predicted octanol–water partition coefficient (Wildman–Crippen LogP) is 5.95. The van der Waals surface area contributed by atoms with Gasteiger partial charge in [-0.1, -0.05) is 55.2 Å². The molecule has 0 aromatic heterocycles. The molecule has 14 atom stereocenters. The number of Topliss-reactive ketones (excluding diaryl/α,β-unsaturated/α-hetero) is 1. The molecule has 2 saturated heterocycles. The van der Waals surface area contributed by atoms with E-state index in [0.29, 0.717) is 18.6 Å². The topological polar surface area (TPSA) is 429 Å². The van der Waals surface area contributed by atoms with Crippen LogP contribution in [0, 0.1) is 35.0 Å². The van der Waals surface area contributed by atoms with Crippen LogP contribution in [0.4, 0.5) is 22.0 Å². The van der Waals surface area contributed by atoms with Crippen LogP contribution in [-0.4, -0.2) is 156 Å². The highest BCUT2D eigenvalue weighted by Gasteiger charge is 2.51. The molecule has 9 bridgehead atoms. The van der Waals surface area contributed by atoms with Crippen LogP contribution < -0.4 is 51.7 Å². The van der Waals surface area contributed by atoms with Gasteiger partial charge in [0.25, 0.3) is 0 Å². The Hall–Kier alpha value is -9.03. The predicted molar refractivity (Wildman–Crippen MR) is 354 cm³/mol. The first-order valence-corrected chi connectivity index (χ1v) is 33.3.